The van der Waals surface area contributed by atoms with Crippen LogP contribution in [0.2, 0.25) is 5.02 Å². The van der Waals surface area contributed by atoms with Gasteiger partial charge in [0.1, 0.15) is 24.5 Å². The Morgan fingerprint density at radius 1 is 1.24 bits per heavy atom. The summed E-state index contributed by atoms with van der Waals surface area (Å²) in [7, 11) is 0. The minimum atomic E-state index is -0.600. The number of nitrogens with zero attached hydrogens (tertiary/aromatic N) is 3. The second kappa shape index (κ2) is 10.4. The first-order chi connectivity index (χ1) is 15.9. The number of nitrogens with two attached hydrogens (primary N) is 1. The monoisotopic (exact) mass is 536 g/mol. The predicted molar refractivity (Wildman–Crippen MR) is 131 cm³/mol. The van der Waals surface area contributed by atoms with Crippen molar-refractivity contribution in [1.82, 2.24) is 20.2 Å². The van der Waals surface area contributed by atoms with Gasteiger partial charge in [0.25, 0.3) is 0 Å². The van der Waals surface area contributed by atoms with Crippen LogP contribution in [0.15, 0.2) is 35.1 Å². The molecule has 0 aliphatic carbocycles. The third kappa shape index (κ3) is 5.39. The molecule has 2 heterocycles. The van der Waals surface area contributed by atoms with Crippen molar-refractivity contribution in [2.24, 2.45) is 0 Å². The summed E-state index contributed by atoms with van der Waals surface area (Å²) in [6.45, 7) is 2.19. The Morgan fingerprint density at radius 3 is 2.82 bits per heavy atom. The summed E-state index contributed by atoms with van der Waals surface area (Å²) >= 11 is 9.17. The van der Waals surface area contributed by atoms with Crippen LogP contribution in [0.1, 0.15) is 19.3 Å². The summed E-state index contributed by atoms with van der Waals surface area (Å²) in [5.74, 6) is 0.221. The number of urea groups is 1. The molecule has 1 fully saturated rings. The van der Waals surface area contributed by atoms with Crippen molar-refractivity contribution in [2.75, 3.05) is 37.3 Å². The summed E-state index contributed by atoms with van der Waals surface area (Å²) in [5.41, 5.74) is 7.29. The molecule has 0 spiro atoms. The van der Waals surface area contributed by atoms with Crippen molar-refractivity contribution in [3.63, 3.8) is 0 Å². The topological polar surface area (TPSA) is 105 Å². The van der Waals surface area contributed by atoms with Crippen LogP contribution in [0.5, 0.6) is 5.75 Å². The van der Waals surface area contributed by atoms with Gasteiger partial charge in [0, 0.05) is 29.0 Å². The van der Waals surface area contributed by atoms with E-state index >= 15 is 0 Å². The predicted octanol–water partition coefficient (Wildman–Crippen LogP) is 5.08. The molecule has 1 aliphatic rings. The minimum absolute atomic E-state index is 0.0269. The van der Waals surface area contributed by atoms with Gasteiger partial charge in [0.2, 0.25) is 0 Å². The fourth-order valence-electron chi connectivity index (χ4n) is 3.60. The quantitative estimate of drug-likeness (QED) is 0.230. The molecule has 4 N–H and O–H groups in total. The zero-order valence-electron chi connectivity index (χ0n) is 17.7. The fourth-order valence-corrected chi connectivity index (χ4v) is 4.07. The Balaban J connectivity index is 1.43. The van der Waals surface area contributed by atoms with Crippen molar-refractivity contribution >= 4 is 61.7 Å². The minimum Gasteiger partial charge on any atom is -0.490 e. The van der Waals surface area contributed by atoms with E-state index in [4.69, 9.17) is 22.1 Å². The molecule has 11 heteroatoms. The molecule has 0 unspecified atom stereocenters. The first kappa shape index (κ1) is 23.3. The Labute approximate surface area is 203 Å². The second-order valence-corrected chi connectivity index (χ2v) is 8.84. The van der Waals surface area contributed by atoms with Gasteiger partial charge in [-0.25, -0.2) is 19.2 Å². The molecule has 0 radical (unpaired) electrons. The highest BCUT2D eigenvalue weighted by molar-refractivity contribution is 9.10. The number of ether oxygens (including phenoxy) is 1. The number of likely N-dealkylation sites (tertiary alicyclic amines) is 1. The number of benzene rings is 2. The summed E-state index contributed by atoms with van der Waals surface area (Å²) in [6.07, 6.45) is 4.61. The van der Waals surface area contributed by atoms with Gasteiger partial charge in [-0.1, -0.05) is 11.6 Å². The van der Waals surface area contributed by atoms with E-state index in [2.05, 4.69) is 36.5 Å². The summed E-state index contributed by atoms with van der Waals surface area (Å²) < 4.78 is 20.7. The summed E-state index contributed by atoms with van der Waals surface area (Å²) in [6, 6.07) is 6.47. The van der Waals surface area contributed by atoms with Crippen LogP contribution in [-0.4, -0.2) is 47.1 Å². The largest absolute Gasteiger partial charge is 0.490 e. The lowest BCUT2D eigenvalue weighted by molar-refractivity contribution is 0.184. The lowest BCUT2D eigenvalue weighted by Crippen LogP contribution is -2.43. The molecule has 174 valence electrons. The molecule has 2 amide bonds. The highest BCUT2D eigenvalue weighted by Gasteiger charge is 2.16. The number of hydrogen-bond donors (Lipinski definition) is 3. The number of carbonyl (C=O) groups excluding carboxylic acids is 1. The molecule has 4 rings (SSSR count). The average Bonchev–Trinajstić information content (AvgIpc) is 2.83. The van der Waals surface area contributed by atoms with Gasteiger partial charge in [-0.2, -0.15) is 0 Å². The number of anilines is 3. The van der Waals surface area contributed by atoms with E-state index in [-0.39, 0.29) is 23.3 Å². The standard InChI is InChI=1S/C22H23BrClFN6O2/c23-14-4-5-16(20(25)19(14)24)30-21-13-10-15(26)18(11-17(13)28-12-29-21)33-9-6-27-22(32)31-7-2-1-3-8-31/h4-5,10-12H,1-3,6-9,26H2,(H,27,32)(H,28,29,30). The van der Waals surface area contributed by atoms with Crippen molar-refractivity contribution < 1.29 is 13.9 Å². The molecular weight excluding hydrogens is 515 g/mol. The van der Waals surface area contributed by atoms with Gasteiger partial charge >= 0.3 is 6.03 Å². The number of amides is 2. The molecule has 8 nitrogen and oxygen atoms in total. The molecule has 0 saturated carbocycles. The van der Waals surface area contributed by atoms with Gasteiger partial charge in [-0.15, -0.1) is 0 Å². The number of nitrogen functional groups attached to an aromatic ring is 1. The van der Waals surface area contributed by atoms with E-state index in [9.17, 15) is 9.18 Å². The van der Waals surface area contributed by atoms with Crippen LogP contribution >= 0.6 is 27.5 Å². The van der Waals surface area contributed by atoms with E-state index in [1.165, 1.54) is 12.7 Å². The molecule has 2 aromatic carbocycles. The SMILES string of the molecule is Nc1cc2c(Nc3ccc(Br)c(Cl)c3F)ncnc2cc1OCCNC(=O)N1CCCCC1. The smallest absolute Gasteiger partial charge is 0.317 e. The number of nitrogens with one attached hydrogen (secondary N) is 2. The van der Waals surface area contributed by atoms with Crippen LogP contribution in [0.4, 0.5) is 26.4 Å². The van der Waals surface area contributed by atoms with Crippen molar-refractivity contribution in [3.05, 3.63) is 45.9 Å². The molecule has 0 atom stereocenters. The van der Waals surface area contributed by atoms with E-state index in [0.29, 0.717) is 39.2 Å². The van der Waals surface area contributed by atoms with Gasteiger partial charge in [-0.05, 0) is 53.4 Å². The van der Waals surface area contributed by atoms with Crippen LogP contribution in [-0.2, 0) is 0 Å². The second-order valence-electron chi connectivity index (χ2n) is 7.61. The normalized spacial score (nSPS) is 13.7. The van der Waals surface area contributed by atoms with E-state index in [1.54, 1.807) is 24.3 Å². The van der Waals surface area contributed by atoms with Crippen LogP contribution < -0.4 is 21.1 Å². The number of fused-ring (bicyclic) bond motifs is 1. The maximum Gasteiger partial charge on any atom is 0.317 e. The van der Waals surface area contributed by atoms with E-state index in [0.717, 1.165) is 25.9 Å². The number of halogens is 3. The maximum absolute atomic E-state index is 14.5. The Morgan fingerprint density at radius 2 is 2.03 bits per heavy atom. The third-order valence-electron chi connectivity index (χ3n) is 5.33. The van der Waals surface area contributed by atoms with Crippen molar-refractivity contribution in [2.45, 2.75) is 19.3 Å². The first-order valence-electron chi connectivity index (χ1n) is 10.5. The number of aromatic nitrogens is 2. The van der Waals surface area contributed by atoms with Gasteiger partial charge in [-0.3, -0.25) is 0 Å². The van der Waals surface area contributed by atoms with Crippen LogP contribution in [0.3, 0.4) is 0 Å². The number of piperidine rings is 1. The Bertz CT molecular complexity index is 1180. The van der Waals surface area contributed by atoms with Gasteiger partial charge in [0.15, 0.2) is 5.82 Å². The van der Waals surface area contributed by atoms with Crippen molar-refractivity contribution in [3.8, 4) is 5.75 Å². The Hall–Kier alpha value is -2.85. The lowest BCUT2D eigenvalue weighted by Gasteiger charge is -2.26. The maximum atomic E-state index is 14.5. The number of hydrogen-bond acceptors (Lipinski definition) is 6. The Kier molecular flexibility index (Phi) is 7.34. The highest BCUT2D eigenvalue weighted by Crippen LogP contribution is 2.34. The third-order valence-corrected chi connectivity index (χ3v) is 6.59. The van der Waals surface area contributed by atoms with Gasteiger partial charge in [0.05, 0.1) is 28.5 Å². The lowest BCUT2D eigenvalue weighted by atomic mass is 10.1. The zero-order chi connectivity index (χ0) is 23.4. The highest BCUT2D eigenvalue weighted by atomic mass is 79.9. The molecule has 1 aromatic heterocycles. The summed E-state index contributed by atoms with van der Waals surface area (Å²) in [4.78, 5) is 22.5. The molecule has 0 bridgehead atoms. The zero-order valence-corrected chi connectivity index (χ0v) is 20.0. The summed E-state index contributed by atoms with van der Waals surface area (Å²) in [5, 5.41) is 6.38. The first-order valence-corrected chi connectivity index (χ1v) is 11.7. The van der Waals surface area contributed by atoms with Crippen LogP contribution in [0.25, 0.3) is 10.9 Å². The van der Waals surface area contributed by atoms with E-state index in [1.807, 2.05) is 4.90 Å². The van der Waals surface area contributed by atoms with Crippen LogP contribution in [0, 0.1) is 5.82 Å². The average molecular weight is 538 g/mol. The number of rotatable bonds is 6. The molecule has 33 heavy (non-hydrogen) atoms. The molecule has 3 aromatic rings. The van der Waals surface area contributed by atoms with Gasteiger partial charge < -0.3 is 26.0 Å². The van der Waals surface area contributed by atoms with Crippen molar-refractivity contribution in [1.29, 1.82) is 0 Å². The molecule has 1 aliphatic heterocycles. The fraction of sp³-hybridized carbons (Fsp3) is 0.318. The number of carbonyl (C=O) groups is 1. The molecule has 1 saturated heterocycles. The van der Waals surface area contributed by atoms with E-state index < -0.39 is 5.82 Å². The molecular formula is C22H23BrClFN6O2.